The van der Waals surface area contributed by atoms with Gasteiger partial charge < -0.3 is 10.2 Å². The van der Waals surface area contributed by atoms with Gasteiger partial charge in [-0.15, -0.1) is 0 Å². The summed E-state index contributed by atoms with van der Waals surface area (Å²) in [4.78, 5) is 28.0. The second kappa shape index (κ2) is 8.50. The van der Waals surface area contributed by atoms with E-state index in [0.29, 0.717) is 0 Å². The summed E-state index contributed by atoms with van der Waals surface area (Å²) in [6.45, 7) is 3.55. The molecule has 4 heteroatoms. The lowest BCUT2D eigenvalue weighted by atomic mass is 9.82. The van der Waals surface area contributed by atoms with Crippen molar-refractivity contribution in [2.45, 2.75) is 64.3 Å². The van der Waals surface area contributed by atoms with Gasteiger partial charge in [-0.3, -0.25) is 9.59 Å². The molecule has 0 aromatic heterocycles. The molecular formula is C21H30N2O2. The Morgan fingerprint density at radius 1 is 1.08 bits per heavy atom. The van der Waals surface area contributed by atoms with Gasteiger partial charge in [0.25, 0.3) is 5.91 Å². The van der Waals surface area contributed by atoms with E-state index in [0.717, 1.165) is 75.6 Å². The van der Waals surface area contributed by atoms with Crippen molar-refractivity contribution < 1.29 is 9.59 Å². The number of nitrogens with zero attached hydrogens (tertiary/aromatic N) is 1. The van der Waals surface area contributed by atoms with Gasteiger partial charge in [0.15, 0.2) is 0 Å². The maximum Gasteiger partial charge on any atom is 0.254 e. The fourth-order valence-electron chi connectivity index (χ4n) is 4.26. The number of fused-ring (bicyclic) bond motifs is 1. The van der Waals surface area contributed by atoms with Gasteiger partial charge >= 0.3 is 0 Å². The molecule has 0 radical (unpaired) electrons. The number of aryl methyl sites for hydroxylation is 1. The third kappa shape index (κ3) is 4.42. The van der Waals surface area contributed by atoms with Crippen LogP contribution in [0.4, 0.5) is 0 Å². The van der Waals surface area contributed by atoms with Crippen molar-refractivity contribution in [3.05, 3.63) is 35.4 Å². The highest BCUT2D eigenvalue weighted by Crippen LogP contribution is 2.30. The average molecular weight is 342 g/mol. The summed E-state index contributed by atoms with van der Waals surface area (Å²) in [5.41, 5.74) is 1.85. The molecule has 136 valence electrons. The smallest absolute Gasteiger partial charge is 0.254 e. The Bertz CT molecular complexity index is 614. The summed E-state index contributed by atoms with van der Waals surface area (Å²) >= 11 is 0. The monoisotopic (exact) mass is 342 g/mol. The van der Waals surface area contributed by atoms with Crippen LogP contribution in [-0.4, -0.2) is 35.8 Å². The highest BCUT2D eigenvalue weighted by atomic mass is 16.2. The van der Waals surface area contributed by atoms with Gasteiger partial charge in [0.1, 0.15) is 0 Å². The predicted molar refractivity (Wildman–Crippen MR) is 99.4 cm³/mol. The lowest BCUT2D eigenvalue weighted by Gasteiger charge is -2.39. The molecule has 1 aliphatic carbocycles. The Labute approximate surface area is 151 Å². The van der Waals surface area contributed by atoms with Crippen LogP contribution in [-0.2, 0) is 4.79 Å². The zero-order chi connectivity index (χ0) is 17.6. The standard InChI is InChI=1S/C21H30N2O2/c1-16-9-8-10-17(15-16)21(25)23-14-7-3-2-6-13-22-20(24)18-11-4-5-12-19(18)23/h8-10,15,18-19H,2-7,11-14H2,1H3,(H,22,24). The predicted octanol–water partition coefficient (Wildman–Crippen LogP) is 3.69. The SMILES string of the molecule is Cc1cccc(C(=O)N2CCCCCCNC(=O)C3CCCCC32)c1. The molecule has 4 nitrogen and oxygen atoms in total. The number of carbonyl (C=O) groups excluding carboxylic acids is 2. The number of hydrogen-bond donors (Lipinski definition) is 1. The van der Waals surface area contributed by atoms with Crippen molar-refractivity contribution in [3.8, 4) is 0 Å². The van der Waals surface area contributed by atoms with Crippen molar-refractivity contribution in [2.24, 2.45) is 5.92 Å². The van der Waals surface area contributed by atoms with Crippen LogP contribution in [0.2, 0.25) is 0 Å². The third-order valence-corrected chi connectivity index (χ3v) is 5.62. The fourth-order valence-corrected chi connectivity index (χ4v) is 4.26. The molecule has 1 aromatic carbocycles. The zero-order valence-corrected chi connectivity index (χ0v) is 15.3. The number of carbonyl (C=O) groups is 2. The van der Waals surface area contributed by atoms with Crippen molar-refractivity contribution >= 4 is 11.8 Å². The van der Waals surface area contributed by atoms with Gasteiger partial charge in [0.2, 0.25) is 5.91 Å². The summed E-state index contributed by atoms with van der Waals surface area (Å²) in [6.07, 6.45) is 8.31. The topological polar surface area (TPSA) is 49.4 Å². The molecule has 1 aromatic rings. The molecule has 1 N–H and O–H groups in total. The van der Waals surface area contributed by atoms with Crippen LogP contribution in [0.1, 0.15) is 67.3 Å². The Morgan fingerprint density at radius 2 is 1.88 bits per heavy atom. The fraction of sp³-hybridized carbons (Fsp3) is 0.619. The van der Waals surface area contributed by atoms with Crippen LogP contribution in [0.3, 0.4) is 0 Å². The summed E-state index contributed by atoms with van der Waals surface area (Å²) in [5.74, 6) is 0.182. The van der Waals surface area contributed by atoms with Crippen molar-refractivity contribution in [3.63, 3.8) is 0 Å². The van der Waals surface area contributed by atoms with Crippen molar-refractivity contribution in [2.75, 3.05) is 13.1 Å². The number of amides is 2. The van der Waals surface area contributed by atoms with Gasteiger partial charge in [0.05, 0.1) is 5.92 Å². The summed E-state index contributed by atoms with van der Waals surface area (Å²) in [6, 6.07) is 7.87. The molecule has 1 saturated heterocycles. The molecule has 1 saturated carbocycles. The lowest BCUT2D eigenvalue weighted by molar-refractivity contribution is -0.128. The van der Waals surface area contributed by atoms with E-state index in [-0.39, 0.29) is 23.8 Å². The maximum absolute atomic E-state index is 13.3. The van der Waals surface area contributed by atoms with E-state index in [2.05, 4.69) is 5.32 Å². The number of rotatable bonds is 1. The molecule has 1 aliphatic heterocycles. The molecule has 0 bridgehead atoms. The minimum absolute atomic E-state index is 0.0415. The van der Waals surface area contributed by atoms with E-state index < -0.39 is 0 Å². The van der Waals surface area contributed by atoms with E-state index >= 15 is 0 Å². The van der Waals surface area contributed by atoms with E-state index in [9.17, 15) is 9.59 Å². The average Bonchev–Trinajstić information content (AvgIpc) is 2.66. The van der Waals surface area contributed by atoms with Crippen molar-refractivity contribution in [1.82, 2.24) is 10.2 Å². The van der Waals surface area contributed by atoms with Crippen LogP contribution in [0.25, 0.3) is 0 Å². The largest absolute Gasteiger partial charge is 0.356 e. The highest BCUT2D eigenvalue weighted by molar-refractivity contribution is 5.95. The summed E-state index contributed by atoms with van der Waals surface area (Å²) in [7, 11) is 0. The van der Waals surface area contributed by atoms with Gasteiger partial charge in [-0.25, -0.2) is 0 Å². The Balaban J connectivity index is 1.88. The normalized spacial score (nSPS) is 25.5. The molecule has 25 heavy (non-hydrogen) atoms. The summed E-state index contributed by atoms with van der Waals surface area (Å²) < 4.78 is 0. The van der Waals surface area contributed by atoms with Crippen LogP contribution >= 0.6 is 0 Å². The van der Waals surface area contributed by atoms with Crippen LogP contribution < -0.4 is 5.32 Å². The first-order chi connectivity index (χ1) is 12.2. The molecule has 2 unspecified atom stereocenters. The first kappa shape index (κ1) is 18.0. The van der Waals surface area contributed by atoms with Crippen LogP contribution in [0.15, 0.2) is 24.3 Å². The van der Waals surface area contributed by atoms with Gasteiger partial charge in [-0.05, 0) is 44.7 Å². The minimum atomic E-state index is -0.0550. The third-order valence-electron chi connectivity index (χ3n) is 5.62. The first-order valence-corrected chi connectivity index (χ1v) is 9.82. The van der Waals surface area contributed by atoms with E-state index in [1.807, 2.05) is 36.1 Å². The highest BCUT2D eigenvalue weighted by Gasteiger charge is 2.37. The molecule has 3 rings (SSSR count). The first-order valence-electron chi connectivity index (χ1n) is 9.82. The Morgan fingerprint density at radius 3 is 2.72 bits per heavy atom. The Kier molecular flexibility index (Phi) is 6.11. The number of hydrogen-bond acceptors (Lipinski definition) is 2. The number of benzene rings is 1. The molecule has 2 fully saturated rings. The van der Waals surface area contributed by atoms with E-state index in [1.54, 1.807) is 0 Å². The van der Waals surface area contributed by atoms with Gasteiger partial charge in [0, 0.05) is 24.7 Å². The number of nitrogens with one attached hydrogen (secondary N) is 1. The minimum Gasteiger partial charge on any atom is -0.356 e. The molecule has 2 atom stereocenters. The molecule has 1 heterocycles. The van der Waals surface area contributed by atoms with Gasteiger partial charge in [-0.2, -0.15) is 0 Å². The molecule has 2 amide bonds. The molecular weight excluding hydrogens is 312 g/mol. The zero-order valence-electron chi connectivity index (χ0n) is 15.3. The van der Waals surface area contributed by atoms with Crippen molar-refractivity contribution in [1.29, 1.82) is 0 Å². The van der Waals surface area contributed by atoms with E-state index in [1.165, 1.54) is 0 Å². The molecule has 0 spiro atoms. The maximum atomic E-state index is 13.3. The Hall–Kier alpha value is -1.84. The van der Waals surface area contributed by atoms with Crippen LogP contribution in [0.5, 0.6) is 0 Å². The summed E-state index contributed by atoms with van der Waals surface area (Å²) in [5, 5.41) is 3.11. The van der Waals surface area contributed by atoms with E-state index in [4.69, 9.17) is 0 Å². The lowest BCUT2D eigenvalue weighted by Crippen LogP contribution is -2.51. The second-order valence-electron chi connectivity index (χ2n) is 7.53. The molecule has 2 aliphatic rings. The van der Waals surface area contributed by atoms with Gasteiger partial charge in [-0.1, -0.05) is 43.4 Å². The van der Waals surface area contributed by atoms with Crippen LogP contribution in [0, 0.1) is 12.8 Å². The quantitative estimate of drug-likeness (QED) is 0.846. The second-order valence-corrected chi connectivity index (χ2v) is 7.53.